The third-order valence-corrected chi connectivity index (χ3v) is 3.83. The summed E-state index contributed by atoms with van der Waals surface area (Å²) in [6, 6.07) is 9.89. The molecule has 1 aromatic carbocycles. The minimum atomic E-state index is 0.380. The molecule has 0 aromatic heterocycles. The molecule has 1 aliphatic rings. The van der Waals surface area contributed by atoms with E-state index < -0.39 is 0 Å². The molecule has 0 saturated heterocycles. The molecule has 0 amide bonds. The summed E-state index contributed by atoms with van der Waals surface area (Å²) in [5.41, 5.74) is 8.58. The topological polar surface area (TPSA) is 29.3 Å². The molecule has 2 rings (SSSR count). The summed E-state index contributed by atoms with van der Waals surface area (Å²) in [4.78, 5) is 2.45. The molecule has 1 fully saturated rings. The van der Waals surface area contributed by atoms with Gasteiger partial charge >= 0.3 is 0 Å². The van der Waals surface area contributed by atoms with Gasteiger partial charge in [0.1, 0.15) is 0 Å². The fraction of sp³-hybridized carbons (Fsp3) is 0.571. The van der Waals surface area contributed by atoms with Gasteiger partial charge in [-0.2, -0.15) is 0 Å². The van der Waals surface area contributed by atoms with Gasteiger partial charge in [0.15, 0.2) is 0 Å². The molecular formula is C14H22N2. The zero-order valence-corrected chi connectivity index (χ0v) is 10.3. The Balaban J connectivity index is 2.11. The highest BCUT2D eigenvalue weighted by Gasteiger charge is 2.27. The van der Waals surface area contributed by atoms with Crippen LogP contribution in [0.3, 0.4) is 0 Å². The van der Waals surface area contributed by atoms with E-state index in [1.807, 2.05) is 0 Å². The predicted octanol–water partition coefficient (Wildman–Crippen LogP) is 2.48. The molecule has 16 heavy (non-hydrogen) atoms. The van der Waals surface area contributed by atoms with Gasteiger partial charge < -0.3 is 5.73 Å². The maximum Gasteiger partial charge on any atom is 0.0470 e. The normalized spacial score (nSPS) is 18.5. The van der Waals surface area contributed by atoms with Crippen molar-refractivity contribution < 1.29 is 0 Å². The van der Waals surface area contributed by atoms with E-state index in [1.165, 1.54) is 30.4 Å². The second-order valence-corrected chi connectivity index (χ2v) is 4.91. The van der Waals surface area contributed by atoms with E-state index in [1.54, 1.807) is 0 Å². The van der Waals surface area contributed by atoms with Crippen LogP contribution in [0.5, 0.6) is 0 Å². The van der Waals surface area contributed by atoms with Gasteiger partial charge in [-0.1, -0.05) is 36.2 Å². The van der Waals surface area contributed by atoms with Crippen molar-refractivity contribution in [2.24, 2.45) is 5.73 Å². The van der Waals surface area contributed by atoms with Gasteiger partial charge in [-0.15, -0.1) is 0 Å². The number of nitrogens with two attached hydrogens (primary N) is 1. The summed E-state index contributed by atoms with van der Waals surface area (Å²) in [5.74, 6) is 0. The summed E-state index contributed by atoms with van der Waals surface area (Å²) < 4.78 is 0. The van der Waals surface area contributed by atoms with Crippen LogP contribution in [0.2, 0.25) is 0 Å². The SMILES string of the molecule is Cc1ccc(C(CN)N(C)C2CCC2)cc1. The Morgan fingerprint density at radius 3 is 2.38 bits per heavy atom. The molecule has 0 heterocycles. The average Bonchev–Trinajstić information content (AvgIpc) is 2.19. The number of rotatable bonds is 4. The Labute approximate surface area is 98.4 Å². The lowest BCUT2D eigenvalue weighted by Gasteiger charge is -2.39. The molecule has 0 spiro atoms. The maximum atomic E-state index is 5.92. The molecule has 2 heteroatoms. The third kappa shape index (κ3) is 2.28. The van der Waals surface area contributed by atoms with Crippen LogP contribution in [0.4, 0.5) is 0 Å². The highest BCUT2D eigenvalue weighted by Crippen LogP contribution is 2.30. The number of nitrogens with zero attached hydrogens (tertiary/aromatic N) is 1. The first-order valence-corrected chi connectivity index (χ1v) is 6.21. The van der Waals surface area contributed by atoms with Crippen LogP contribution in [-0.2, 0) is 0 Å². The molecule has 2 N–H and O–H groups in total. The number of hydrogen-bond donors (Lipinski definition) is 1. The smallest absolute Gasteiger partial charge is 0.0470 e. The van der Waals surface area contributed by atoms with Crippen LogP contribution in [0, 0.1) is 6.92 Å². The van der Waals surface area contributed by atoms with E-state index in [2.05, 4.69) is 43.1 Å². The molecule has 1 saturated carbocycles. The van der Waals surface area contributed by atoms with Crippen molar-refractivity contribution in [3.63, 3.8) is 0 Å². The van der Waals surface area contributed by atoms with Crippen molar-refractivity contribution >= 4 is 0 Å². The first-order valence-electron chi connectivity index (χ1n) is 6.21. The monoisotopic (exact) mass is 218 g/mol. The van der Waals surface area contributed by atoms with Gasteiger partial charge in [-0.3, -0.25) is 4.90 Å². The summed E-state index contributed by atoms with van der Waals surface area (Å²) in [7, 11) is 2.21. The van der Waals surface area contributed by atoms with Gasteiger partial charge in [0.2, 0.25) is 0 Å². The fourth-order valence-corrected chi connectivity index (χ4v) is 2.37. The van der Waals surface area contributed by atoms with Crippen LogP contribution < -0.4 is 5.73 Å². The van der Waals surface area contributed by atoms with Crippen molar-refractivity contribution in [3.8, 4) is 0 Å². The minimum Gasteiger partial charge on any atom is -0.329 e. The van der Waals surface area contributed by atoms with Crippen LogP contribution >= 0.6 is 0 Å². The molecule has 1 aliphatic carbocycles. The summed E-state index contributed by atoms with van der Waals surface area (Å²) in [6.45, 7) is 2.83. The highest BCUT2D eigenvalue weighted by molar-refractivity contribution is 5.24. The maximum absolute atomic E-state index is 5.92. The van der Waals surface area contributed by atoms with Crippen molar-refractivity contribution in [1.29, 1.82) is 0 Å². The van der Waals surface area contributed by atoms with Gasteiger partial charge in [-0.25, -0.2) is 0 Å². The van der Waals surface area contributed by atoms with Crippen LogP contribution in [0.25, 0.3) is 0 Å². The van der Waals surface area contributed by atoms with Gasteiger partial charge in [0.25, 0.3) is 0 Å². The first-order chi connectivity index (χ1) is 7.72. The molecule has 1 unspecified atom stereocenters. The fourth-order valence-electron chi connectivity index (χ4n) is 2.37. The van der Waals surface area contributed by atoms with E-state index >= 15 is 0 Å². The van der Waals surface area contributed by atoms with E-state index in [0.29, 0.717) is 12.6 Å². The molecule has 88 valence electrons. The summed E-state index contributed by atoms with van der Waals surface area (Å²) >= 11 is 0. The number of benzene rings is 1. The van der Waals surface area contributed by atoms with Crippen molar-refractivity contribution in [3.05, 3.63) is 35.4 Å². The number of hydrogen-bond acceptors (Lipinski definition) is 2. The largest absolute Gasteiger partial charge is 0.329 e. The summed E-state index contributed by atoms with van der Waals surface area (Å²) in [5, 5.41) is 0. The second-order valence-electron chi connectivity index (χ2n) is 4.91. The van der Waals surface area contributed by atoms with Crippen LogP contribution in [0.15, 0.2) is 24.3 Å². The minimum absolute atomic E-state index is 0.380. The van der Waals surface area contributed by atoms with E-state index in [0.717, 1.165) is 6.04 Å². The van der Waals surface area contributed by atoms with Crippen molar-refractivity contribution in [2.75, 3.05) is 13.6 Å². The first kappa shape index (κ1) is 11.6. The second kappa shape index (κ2) is 4.98. The molecule has 0 bridgehead atoms. The lowest BCUT2D eigenvalue weighted by molar-refractivity contribution is 0.113. The highest BCUT2D eigenvalue weighted by atomic mass is 15.2. The van der Waals surface area contributed by atoms with Crippen LogP contribution in [-0.4, -0.2) is 24.5 Å². The third-order valence-electron chi connectivity index (χ3n) is 3.83. The lowest BCUT2D eigenvalue weighted by Crippen LogP contribution is -2.42. The van der Waals surface area contributed by atoms with E-state index in [-0.39, 0.29) is 0 Å². The Morgan fingerprint density at radius 2 is 1.94 bits per heavy atom. The molecule has 0 aliphatic heterocycles. The van der Waals surface area contributed by atoms with Crippen molar-refractivity contribution in [2.45, 2.75) is 38.3 Å². The number of aryl methyl sites for hydroxylation is 1. The molecule has 1 atom stereocenters. The van der Waals surface area contributed by atoms with E-state index in [4.69, 9.17) is 5.73 Å². The Bertz CT molecular complexity index is 327. The van der Waals surface area contributed by atoms with Crippen LogP contribution in [0.1, 0.15) is 36.4 Å². The summed E-state index contributed by atoms with van der Waals surface area (Å²) in [6.07, 6.45) is 4.04. The zero-order valence-electron chi connectivity index (χ0n) is 10.3. The lowest BCUT2D eigenvalue weighted by atomic mass is 9.89. The Morgan fingerprint density at radius 1 is 1.31 bits per heavy atom. The molecular weight excluding hydrogens is 196 g/mol. The average molecular weight is 218 g/mol. The quantitative estimate of drug-likeness (QED) is 0.841. The van der Waals surface area contributed by atoms with Gasteiger partial charge in [0, 0.05) is 18.6 Å². The molecule has 1 aromatic rings. The Kier molecular flexibility index (Phi) is 3.62. The van der Waals surface area contributed by atoms with Crippen molar-refractivity contribution in [1.82, 2.24) is 4.90 Å². The van der Waals surface area contributed by atoms with E-state index in [9.17, 15) is 0 Å². The Hall–Kier alpha value is -0.860. The van der Waals surface area contributed by atoms with Gasteiger partial charge in [0.05, 0.1) is 0 Å². The van der Waals surface area contributed by atoms with Gasteiger partial charge in [-0.05, 0) is 32.4 Å². The standard InChI is InChI=1S/C14H22N2/c1-11-6-8-12(9-7-11)14(10-15)16(2)13-4-3-5-13/h6-9,13-14H,3-5,10,15H2,1-2H3. The molecule has 2 nitrogen and oxygen atoms in total. The predicted molar refractivity (Wildman–Crippen MR) is 68.4 cm³/mol. The number of likely N-dealkylation sites (N-methyl/N-ethyl adjacent to an activating group) is 1. The zero-order chi connectivity index (χ0) is 11.5. The molecule has 0 radical (unpaired) electrons.